The zero-order chi connectivity index (χ0) is 25.5. The van der Waals surface area contributed by atoms with Gasteiger partial charge >= 0.3 is 11.9 Å². The van der Waals surface area contributed by atoms with Crippen molar-refractivity contribution in [3.05, 3.63) is 46.5 Å². The lowest BCUT2D eigenvalue weighted by Crippen LogP contribution is -2.38. The second kappa shape index (κ2) is 11.9. The van der Waals surface area contributed by atoms with Gasteiger partial charge in [-0.05, 0) is 75.4 Å². The van der Waals surface area contributed by atoms with Crippen LogP contribution < -0.4 is 15.4 Å². The number of phenolic OH excluding ortho intramolecular Hbond substituents is 1. The van der Waals surface area contributed by atoms with Gasteiger partial charge in [-0.1, -0.05) is 30.9 Å². The van der Waals surface area contributed by atoms with Gasteiger partial charge in [0.05, 0.1) is 17.2 Å². The van der Waals surface area contributed by atoms with E-state index in [1.54, 1.807) is 19.9 Å². The molecule has 1 aliphatic carbocycles. The summed E-state index contributed by atoms with van der Waals surface area (Å²) in [6.45, 7) is 5.41. The van der Waals surface area contributed by atoms with Gasteiger partial charge in [0, 0.05) is 11.7 Å². The summed E-state index contributed by atoms with van der Waals surface area (Å²) in [7, 11) is 0. The molecule has 2 aromatic carbocycles. The van der Waals surface area contributed by atoms with Gasteiger partial charge < -0.3 is 25.2 Å². The lowest BCUT2D eigenvalue weighted by Gasteiger charge is -2.28. The van der Waals surface area contributed by atoms with E-state index in [1.165, 1.54) is 43.5 Å². The van der Waals surface area contributed by atoms with Crippen LogP contribution in [-0.2, 0) is 14.3 Å². The zero-order valence-electron chi connectivity index (χ0n) is 20.2. The minimum Gasteiger partial charge on any atom is -0.507 e. The normalized spacial score (nSPS) is 14.6. The number of phenols is 1. The number of aromatic hydroxyl groups is 1. The van der Waals surface area contributed by atoms with Crippen molar-refractivity contribution in [2.45, 2.75) is 58.9 Å². The SMILES string of the molecule is CCOC(=O)C(=O)Nc1cc(C)c(Oc2ccc(O)c(C(=O)N[C@H](C)C3CCCCC3)c2)c(Cl)c1. The monoisotopic (exact) mass is 502 g/mol. The number of nitrogens with one attached hydrogen (secondary N) is 2. The van der Waals surface area contributed by atoms with Gasteiger partial charge in [0.15, 0.2) is 0 Å². The Morgan fingerprint density at radius 1 is 1.14 bits per heavy atom. The molecule has 0 unspecified atom stereocenters. The molecule has 35 heavy (non-hydrogen) atoms. The Balaban J connectivity index is 1.73. The van der Waals surface area contributed by atoms with E-state index in [4.69, 9.17) is 16.3 Å². The van der Waals surface area contributed by atoms with Gasteiger partial charge in [-0.15, -0.1) is 0 Å². The topological polar surface area (TPSA) is 114 Å². The highest BCUT2D eigenvalue weighted by molar-refractivity contribution is 6.37. The van der Waals surface area contributed by atoms with E-state index in [0.717, 1.165) is 12.8 Å². The Kier molecular flexibility index (Phi) is 8.98. The smallest absolute Gasteiger partial charge is 0.397 e. The van der Waals surface area contributed by atoms with Crippen LogP contribution in [0.25, 0.3) is 0 Å². The molecule has 1 saturated carbocycles. The average molecular weight is 503 g/mol. The number of ether oxygens (including phenoxy) is 2. The Morgan fingerprint density at radius 2 is 1.86 bits per heavy atom. The molecular formula is C26H31ClN2O6. The molecule has 2 aromatic rings. The number of rotatable bonds is 7. The number of carbonyl (C=O) groups excluding carboxylic acids is 3. The van der Waals surface area contributed by atoms with Crippen LogP contribution in [0.4, 0.5) is 5.69 Å². The molecule has 2 amide bonds. The number of halogens is 1. The lowest BCUT2D eigenvalue weighted by atomic mass is 9.84. The van der Waals surface area contributed by atoms with Gasteiger partial charge in [0.25, 0.3) is 5.91 Å². The summed E-state index contributed by atoms with van der Waals surface area (Å²) in [5.41, 5.74) is 0.999. The van der Waals surface area contributed by atoms with Crippen molar-refractivity contribution in [2.24, 2.45) is 5.92 Å². The fourth-order valence-electron chi connectivity index (χ4n) is 4.23. The molecule has 1 aliphatic rings. The highest BCUT2D eigenvalue weighted by atomic mass is 35.5. The van der Waals surface area contributed by atoms with Crippen molar-refractivity contribution in [2.75, 3.05) is 11.9 Å². The van der Waals surface area contributed by atoms with Gasteiger partial charge in [-0.3, -0.25) is 9.59 Å². The fraction of sp³-hybridized carbons (Fsp3) is 0.423. The maximum absolute atomic E-state index is 12.9. The van der Waals surface area contributed by atoms with Gasteiger partial charge in [-0.2, -0.15) is 0 Å². The predicted octanol–water partition coefficient (Wildman–Crippen LogP) is 5.35. The summed E-state index contributed by atoms with van der Waals surface area (Å²) in [4.78, 5) is 36.3. The Bertz CT molecular complexity index is 1070. The van der Waals surface area contributed by atoms with Crippen molar-refractivity contribution >= 4 is 35.1 Å². The first-order valence-corrected chi connectivity index (χ1v) is 12.2. The van der Waals surface area contributed by atoms with E-state index < -0.39 is 11.9 Å². The summed E-state index contributed by atoms with van der Waals surface area (Å²) < 4.78 is 10.6. The first-order chi connectivity index (χ1) is 16.7. The quantitative estimate of drug-likeness (QED) is 0.347. The summed E-state index contributed by atoms with van der Waals surface area (Å²) in [6.07, 6.45) is 5.75. The highest BCUT2D eigenvalue weighted by Gasteiger charge is 2.23. The third-order valence-electron chi connectivity index (χ3n) is 6.10. The van der Waals surface area contributed by atoms with Gasteiger partial charge in [0.2, 0.25) is 0 Å². The maximum atomic E-state index is 12.9. The number of carbonyl (C=O) groups is 3. The first-order valence-electron chi connectivity index (χ1n) is 11.8. The molecule has 0 radical (unpaired) electrons. The molecule has 188 valence electrons. The fourth-order valence-corrected chi connectivity index (χ4v) is 4.53. The van der Waals surface area contributed by atoms with Gasteiger partial charge in [-0.25, -0.2) is 4.79 Å². The molecule has 0 heterocycles. The molecule has 1 atom stereocenters. The Labute approximate surface area is 210 Å². The number of hydrogen-bond acceptors (Lipinski definition) is 6. The largest absolute Gasteiger partial charge is 0.507 e. The number of hydrogen-bond donors (Lipinski definition) is 3. The number of benzene rings is 2. The summed E-state index contributed by atoms with van der Waals surface area (Å²) in [6, 6.07) is 7.43. The minimum absolute atomic E-state index is 0.000765. The molecule has 0 aromatic heterocycles. The minimum atomic E-state index is -0.991. The van der Waals surface area contributed by atoms with Crippen LogP contribution in [-0.4, -0.2) is 35.5 Å². The van der Waals surface area contributed by atoms with E-state index in [-0.39, 0.29) is 34.9 Å². The molecule has 0 saturated heterocycles. The molecule has 8 nitrogen and oxygen atoms in total. The number of amides is 2. The Hall–Kier alpha value is -3.26. The van der Waals surface area contributed by atoms with Crippen LogP contribution in [0.3, 0.4) is 0 Å². The van der Waals surface area contributed by atoms with Crippen LogP contribution in [0.5, 0.6) is 17.2 Å². The van der Waals surface area contributed by atoms with E-state index >= 15 is 0 Å². The van der Waals surface area contributed by atoms with E-state index in [9.17, 15) is 19.5 Å². The van der Waals surface area contributed by atoms with Crippen LogP contribution in [0, 0.1) is 12.8 Å². The van der Waals surface area contributed by atoms with Crippen LogP contribution in [0.15, 0.2) is 30.3 Å². The number of esters is 1. The molecular weight excluding hydrogens is 472 g/mol. The third kappa shape index (κ3) is 6.88. The molecule has 0 bridgehead atoms. The van der Waals surface area contributed by atoms with Crippen molar-refractivity contribution in [3.8, 4) is 17.2 Å². The third-order valence-corrected chi connectivity index (χ3v) is 6.38. The van der Waals surface area contributed by atoms with Crippen LogP contribution in [0.2, 0.25) is 5.02 Å². The van der Waals surface area contributed by atoms with Crippen LogP contribution >= 0.6 is 11.6 Å². The van der Waals surface area contributed by atoms with Crippen molar-refractivity contribution < 1.29 is 29.0 Å². The first kappa shape index (κ1) is 26.3. The molecule has 3 rings (SSSR count). The van der Waals surface area contributed by atoms with Crippen molar-refractivity contribution in [3.63, 3.8) is 0 Å². The van der Waals surface area contributed by atoms with Crippen molar-refractivity contribution in [1.82, 2.24) is 5.32 Å². The lowest BCUT2D eigenvalue weighted by molar-refractivity contribution is -0.152. The molecule has 0 spiro atoms. The Morgan fingerprint density at radius 3 is 2.51 bits per heavy atom. The number of aryl methyl sites for hydroxylation is 1. The van der Waals surface area contributed by atoms with E-state index in [2.05, 4.69) is 15.4 Å². The second-order valence-electron chi connectivity index (χ2n) is 8.72. The maximum Gasteiger partial charge on any atom is 0.397 e. The van der Waals surface area contributed by atoms with E-state index in [1.807, 2.05) is 6.92 Å². The number of anilines is 1. The highest BCUT2D eigenvalue weighted by Crippen LogP contribution is 2.36. The zero-order valence-corrected chi connectivity index (χ0v) is 20.9. The standard InChI is InChI=1S/C26H31ClN2O6/c1-4-34-26(33)25(32)29-18-12-15(2)23(21(27)13-18)35-19-10-11-22(30)20(14-19)24(31)28-16(3)17-8-6-5-7-9-17/h10-14,16-17,30H,4-9H2,1-3H3,(H,28,31)(H,29,32)/t16-/m1/s1. The summed E-state index contributed by atoms with van der Waals surface area (Å²) in [5.74, 6) is -1.36. The molecule has 0 aliphatic heterocycles. The summed E-state index contributed by atoms with van der Waals surface area (Å²) >= 11 is 6.38. The molecule has 1 fully saturated rings. The second-order valence-corrected chi connectivity index (χ2v) is 9.13. The molecule has 9 heteroatoms. The van der Waals surface area contributed by atoms with Crippen LogP contribution in [0.1, 0.15) is 61.9 Å². The van der Waals surface area contributed by atoms with Crippen molar-refractivity contribution in [1.29, 1.82) is 0 Å². The predicted molar refractivity (Wildman–Crippen MR) is 133 cm³/mol. The van der Waals surface area contributed by atoms with Gasteiger partial charge in [0.1, 0.15) is 17.2 Å². The average Bonchev–Trinajstić information content (AvgIpc) is 2.83. The summed E-state index contributed by atoms with van der Waals surface area (Å²) in [5, 5.41) is 15.9. The molecule has 3 N–H and O–H groups in total. The van der Waals surface area contributed by atoms with E-state index in [0.29, 0.717) is 28.7 Å².